The van der Waals surface area contributed by atoms with Crippen LogP contribution in [0.3, 0.4) is 0 Å². The summed E-state index contributed by atoms with van der Waals surface area (Å²) in [4.78, 5) is 27.8. The average molecular weight is 481 g/mol. The van der Waals surface area contributed by atoms with Crippen molar-refractivity contribution in [3.8, 4) is 5.75 Å². The van der Waals surface area contributed by atoms with Crippen molar-refractivity contribution in [2.24, 2.45) is 0 Å². The van der Waals surface area contributed by atoms with Gasteiger partial charge in [-0.1, -0.05) is 49.0 Å². The summed E-state index contributed by atoms with van der Waals surface area (Å²) >= 11 is 12.7. The highest BCUT2D eigenvalue weighted by molar-refractivity contribution is 6.36. The standard InChI is InChI=1S/C24H27Cl2FN2O3/c1-2-22(24(31)28-17-6-3-4-7-17)29(14-19-20(25)8-5-9-21(19)26)23(30)15-32-18-12-10-16(27)11-13-18/h5,8-13,17,22H,2-4,6-7,14-15H2,1H3,(H,28,31)/t22-/m0/s1. The summed E-state index contributed by atoms with van der Waals surface area (Å²) in [6.07, 6.45) is 4.49. The fourth-order valence-electron chi connectivity index (χ4n) is 3.90. The Kier molecular flexibility index (Phi) is 8.76. The Hall–Kier alpha value is -2.31. The number of ether oxygens (including phenoxy) is 1. The molecule has 1 fully saturated rings. The molecule has 0 bridgehead atoms. The molecule has 0 unspecified atom stereocenters. The second kappa shape index (κ2) is 11.5. The van der Waals surface area contributed by atoms with Crippen molar-refractivity contribution in [1.29, 1.82) is 0 Å². The first-order valence-electron chi connectivity index (χ1n) is 10.8. The van der Waals surface area contributed by atoms with Gasteiger partial charge in [-0.25, -0.2) is 4.39 Å². The van der Waals surface area contributed by atoms with Crippen molar-refractivity contribution >= 4 is 35.0 Å². The summed E-state index contributed by atoms with van der Waals surface area (Å²) in [7, 11) is 0. The lowest BCUT2D eigenvalue weighted by atomic mass is 10.1. The third-order valence-electron chi connectivity index (χ3n) is 5.65. The molecule has 0 aromatic heterocycles. The smallest absolute Gasteiger partial charge is 0.261 e. The fraction of sp³-hybridized carbons (Fsp3) is 0.417. The highest BCUT2D eigenvalue weighted by atomic mass is 35.5. The molecule has 1 saturated carbocycles. The first-order valence-corrected chi connectivity index (χ1v) is 11.6. The van der Waals surface area contributed by atoms with Crippen LogP contribution in [0.2, 0.25) is 10.0 Å². The molecule has 172 valence electrons. The number of amides is 2. The molecule has 0 heterocycles. The number of rotatable bonds is 9. The molecular formula is C24H27Cl2FN2O3. The number of carbonyl (C=O) groups is 2. The van der Waals surface area contributed by atoms with Crippen LogP contribution in [0.5, 0.6) is 5.75 Å². The van der Waals surface area contributed by atoms with Crippen molar-refractivity contribution in [2.45, 2.75) is 57.7 Å². The molecule has 5 nitrogen and oxygen atoms in total. The first kappa shape index (κ1) is 24.3. The zero-order valence-electron chi connectivity index (χ0n) is 18.0. The van der Waals surface area contributed by atoms with E-state index in [9.17, 15) is 14.0 Å². The van der Waals surface area contributed by atoms with Gasteiger partial charge >= 0.3 is 0 Å². The summed E-state index contributed by atoms with van der Waals surface area (Å²) < 4.78 is 18.7. The van der Waals surface area contributed by atoms with Crippen molar-refractivity contribution in [1.82, 2.24) is 10.2 Å². The van der Waals surface area contributed by atoms with E-state index in [1.54, 1.807) is 18.2 Å². The number of hydrogen-bond acceptors (Lipinski definition) is 3. The number of benzene rings is 2. The van der Waals surface area contributed by atoms with Gasteiger partial charge in [0.1, 0.15) is 17.6 Å². The Labute approximate surface area is 197 Å². The number of nitrogens with one attached hydrogen (secondary N) is 1. The van der Waals surface area contributed by atoms with Crippen LogP contribution < -0.4 is 10.1 Å². The molecule has 0 radical (unpaired) electrons. The molecule has 1 atom stereocenters. The zero-order valence-corrected chi connectivity index (χ0v) is 19.5. The van der Waals surface area contributed by atoms with Gasteiger partial charge in [0.05, 0.1) is 0 Å². The Bertz CT molecular complexity index is 913. The zero-order chi connectivity index (χ0) is 23.1. The lowest BCUT2D eigenvalue weighted by molar-refractivity contribution is -0.143. The second-order valence-corrected chi connectivity index (χ2v) is 8.69. The topological polar surface area (TPSA) is 58.6 Å². The fourth-order valence-corrected chi connectivity index (χ4v) is 4.42. The van der Waals surface area contributed by atoms with Gasteiger partial charge in [-0.15, -0.1) is 0 Å². The van der Waals surface area contributed by atoms with Gasteiger partial charge < -0.3 is 15.0 Å². The quantitative estimate of drug-likeness (QED) is 0.524. The predicted octanol–water partition coefficient (Wildman–Crippen LogP) is 5.38. The van der Waals surface area contributed by atoms with E-state index < -0.39 is 17.8 Å². The van der Waals surface area contributed by atoms with Gasteiger partial charge in [-0.05, 0) is 55.7 Å². The second-order valence-electron chi connectivity index (χ2n) is 7.88. The van der Waals surface area contributed by atoms with E-state index in [4.69, 9.17) is 27.9 Å². The van der Waals surface area contributed by atoms with Gasteiger partial charge in [-0.2, -0.15) is 0 Å². The number of nitrogens with zero attached hydrogens (tertiary/aromatic N) is 1. The van der Waals surface area contributed by atoms with E-state index in [2.05, 4.69) is 5.32 Å². The Balaban J connectivity index is 1.80. The van der Waals surface area contributed by atoms with Crippen LogP contribution in [0, 0.1) is 5.82 Å². The first-order chi connectivity index (χ1) is 15.4. The molecular weight excluding hydrogens is 454 g/mol. The van der Waals surface area contributed by atoms with E-state index in [1.807, 2.05) is 6.92 Å². The number of carbonyl (C=O) groups excluding carboxylic acids is 2. The van der Waals surface area contributed by atoms with Gasteiger partial charge in [0.15, 0.2) is 6.61 Å². The van der Waals surface area contributed by atoms with Crippen LogP contribution >= 0.6 is 23.2 Å². The predicted molar refractivity (Wildman–Crippen MR) is 123 cm³/mol. The molecule has 3 rings (SSSR count). The molecule has 1 N–H and O–H groups in total. The van der Waals surface area contributed by atoms with Crippen LogP contribution in [0.25, 0.3) is 0 Å². The SMILES string of the molecule is CC[C@@H](C(=O)NC1CCCC1)N(Cc1c(Cl)cccc1Cl)C(=O)COc1ccc(F)cc1. The average Bonchev–Trinajstić information content (AvgIpc) is 3.28. The molecule has 2 amide bonds. The maximum Gasteiger partial charge on any atom is 0.261 e. The van der Waals surface area contributed by atoms with Gasteiger partial charge in [0, 0.05) is 28.2 Å². The highest BCUT2D eigenvalue weighted by Crippen LogP contribution is 2.27. The Morgan fingerprint density at radius 1 is 1.12 bits per heavy atom. The minimum atomic E-state index is -0.702. The van der Waals surface area contributed by atoms with Crippen LogP contribution in [-0.4, -0.2) is 35.4 Å². The summed E-state index contributed by atoms with van der Waals surface area (Å²) in [5.74, 6) is -0.622. The minimum Gasteiger partial charge on any atom is -0.484 e. The van der Waals surface area contributed by atoms with Crippen molar-refractivity contribution < 1.29 is 18.7 Å². The Morgan fingerprint density at radius 2 is 1.75 bits per heavy atom. The number of halogens is 3. The van der Waals surface area contributed by atoms with Crippen LogP contribution in [0.15, 0.2) is 42.5 Å². The van der Waals surface area contributed by atoms with E-state index in [-0.39, 0.29) is 25.1 Å². The maximum absolute atomic E-state index is 13.2. The van der Waals surface area contributed by atoms with Gasteiger partial charge in [-0.3, -0.25) is 9.59 Å². The number of hydrogen-bond donors (Lipinski definition) is 1. The highest BCUT2D eigenvalue weighted by Gasteiger charge is 2.31. The lowest BCUT2D eigenvalue weighted by Gasteiger charge is -2.32. The molecule has 0 aliphatic heterocycles. The molecule has 2 aromatic rings. The molecule has 0 spiro atoms. The van der Waals surface area contributed by atoms with Crippen molar-refractivity contribution in [2.75, 3.05) is 6.61 Å². The maximum atomic E-state index is 13.2. The lowest BCUT2D eigenvalue weighted by Crippen LogP contribution is -2.52. The normalized spacial score (nSPS) is 14.8. The van der Waals surface area contributed by atoms with Crippen LogP contribution in [0.1, 0.15) is 44.6 Å². The summed E-state index contributed by atoms with van der Waals surface area (Å²) in [6.45, 7) is 1.62. The van der Waals surface area contributed by atoms with Crippen LogP contribution in [-0.2, 0) is 16.1 Å². The van der Waals surface area contributed by atoms with Crippen molar-refractivity contribution in [3.05, 3.63) is 63.9 Å². The summed E-state index contributed by atoms with van der Waals surface area (Å²) in [5, 5.41) is 3.91. The minimum absolute atomic E-state index is 0.0701. The molecule has 2 aromatic carbocycles. The molecule has 32 heavy (non-hydrogen) atoms. The van der Waals surface area contributed by atoms with E-state index in [1.165, 1.54) is 29.2 Å². The monoisotopic (exact) mass is 480 g/mol. The summed E-state index contributed by atoms with van der Waals surface area (Å²) in [6, 6.07) is 9.95. The molecule has 0 saturated heterocycles. The Morgan fingerprint density at radius 3 is 2.34 bits per heavy atom. The van der Waals surface area contributed by atoms with Gasteiger partial charge in [0.2, 0.25) is 5.91 Å². The third kappa shape index (κ3) is 6.36. The molecule has 1 aliphatic carbocycles. The largest absolute Gasteiger partial charge is 0.484 e. The van der Waals surface area contributed by atoms with E-state index in [0.29, 0.717) is 27.8 Å². The molecule has 1 aliphatic rings. The van der Waals surface area contributed by atoms with Crippen LogP contribution in [0.4, 0.5) is 4.39 Å². The van der Waals surface area contributed by atoms with Gasteiger partial charge in [0.25, 0.3) is 5.91 Å². The summed E-state index contributed by atoms with van der Waals surface area (Å²) in [5.41, 5.74) is 0.568. The molecule has 8 heteroatoms. The third-order valence-corrected chi connectivity index (χ3v) is 6.36. The van der Waals surface area contributed by atoms with E-state index >= 15 is 0 Å². The van der Waals surface area contributed by atoms with E-state index in [0.717, 1.165) is 25.7 Å². The van der Waals surface area contributed by atoms with Crippen molar-refractivity contribution in [3.63, 3.8) is 0 Å².